The third-order valence-corrected chi connectivity index (χ3v) is 7.48. The molecule has 2 saturated carbocycles. The molecule has 0 aromatic heterocycles. The van der Waals surface area contributed by atoms with Gasteiger partial charge in [0.1, 0.15) is 5.60 Å². The van der Waals surface area contributed by atoms with Crippen LogP contribution in [0.15, 0.2) is 12.2 Å². The minimum Gasteiger partial charge on any atom is -0.459 e. The lowest BCUT2D eigenvalue weighted by Gasteiger charge is -2.63. The van der Waals surface area contributed by atoms with Crippen molar-refractivity contribution in [3.63, 3.8) is 0 Å². The SMILES string of the molecule is CC12C=CC3(CCC4C(C)(C)OC(=O)CC4(C)C3CC1)C2. The summed E-state index contributed by atoms with van der Waals surface area (Å²) >= 11 is 0. The highest BCUT2D eigenvalue weighted by Gasteiger charge is 2.64. The predicted octanol–water partition coefficient (Wildman–Crippen LogP) is 4.49. The van der Waals surface area contributed by atoms with Crippen molar-refractivity contribution in [2.45, 2.75) is 71.8 Å². The zero-order chi connectivity index (χ0) is 15.1. The van der Waals surface area contributed by atoms with E-state index in [4.69, 9.17) is 4.74 Å². The van der Waals surface area contributed by atoms with Crippen LogP contribution < -0.4 is 0 Å². The molecule has 1 aliphatic heterocycles. The number of hydrogen-bond acceptors (Lipinski definition) is 2. The predicted molar refractivity (Wildman–Crippen MR) is 82.6 cm³/mol. The van der Waals surface area contributed by atoms with Crippen LogP contribution in [0.1, 0.15) is 66.2 Å². The fourth-order valence-corrected chi connectivity index (χ4v) is 6.83. The smallest absolute Gasteiger partial charge is 0.306 e. The van der Waals surface area contributed by atoms with Gasteiger partial charge >= 0.3 is 5.97 Å². The lowest BCUT2D eigenvalue weighted by atomic mass is 9.43. The van der Waals surface area contributed by atoms with Crippen molar-refractivity contribution < 1.29 is 9.53 Å². The first-order valence-corrected chi connectivity index (χ1v) is 8.62. The summed E-state index contributed by atoms with van der Waals surface area (Å²) in [5.41, 5.74) is 0.609. The standard InChI is InChI=1S/C19H28O2/c1-16(2)13-6-8-19-10-9-17(3,12-19)7-5-14(19)18(13,4)11-15(20)21-16/h9-10,13-14H,5-8,11-12H2,1-4H3. The molecule has 21 heavy (non-hydrogen) atoms. The molecule has 3 fully saturated rings. The number of carbonyl (C=O) groups is 1. The van der Waals surface area contributed by atoms with Gasteiger partial charge in [-0.05, 0) is 68.1 Å². The first-order valence-electron chi connectivity index (χ1n) is 8.62. The summed E-state index contributed by atoms with van der Waals surface area (Å²) in [6, 6.07) is 0. The van der Waals surface area contributed by atoms with Crippen molar-refractivity contribution in [1.82, 2.24) is 0 Å². The summed E-state index contributed by atoms with van der Waals surface area (Å²) in [6.45, 7) is 9.06. The van der Waals surface area contributed by atoms with Gasteiger partial charge in [-0.15, -0.1) is 0 Å². The number of carbonyl (C=O) groups excluding carboxylic acids is 1. The van der Waals surface area contributed by atoms with E-state index in [1.165, 1.54) is 32.1 Å². The summed E-state index contributed by atoms with van der Waals surface area (Å²) < 4.78 is 5.73. The van der Waals surface area contributed by atoms with Crippen LogP contribution in [0.2, 0.25) is 0 Å². The molecule has 2 heteroatoms. The normalized spacial score (nSPS) is 53.8. The summed E-state index contributed by atoms with van der Waals surface area (Å²) in [5, 5.41) is 0. The van der Waals surface area contributed by atoms with Gasteiger partial charge in [-0.1, -0.05) is 26.0 Å². The van der Waals surface area contributed by atoms with Crippen LogP contribution in [-0.4, -0.2) is 11.6 Å². The monoisotopic (exact) mass is 288 g/mol. The zero-order valence-corrected chi connectivity index (χ0v) is 13.9. The second-order valence-corrected chi connectivity index (χ2v) is 9.34. The second-order valence-electron chi connectivity index (χ2n) is 9.34. The van der Waals surface area contributed by atoms with Gasteiger partial charge in [0.2, 0.25) is 0 Å². The fraction of sp³-hybridized carbons (Fsp3) is 0.842. The molecule has 1 saturated heterocycles. The number of ether oxygens (including phenoxy) is 1. The Morgan fingerprint density at radius 2 is 1.76 bits per heavy atom. The average molecular weight is 288 g/mol. The summed E-state index contributed by atoms with van der Waals surface area (Å²) in [5.74, 6) is 1.19. The Bertz CT molecular complexity index is 534. The highest BCUT2D eigenvalue weighted by Crippen LogP contribution is 2.70. The van der Waals surface area contributed by atoms with Gasteiger partial charge in [0.05, 0.1) is 6.42 Å². The van der Waals surface area contributed by atoms with Gasteiger partial charge in [-0.25, -0.2) is 0 Å². The molecule has 1 spiro atoms. The van der Waals surface area contributed by atoms with E-state index < -0.39 is 0 Å². The quantitative estimate of drug-likeness (QED) is 0.485. The number of fused-ring (bicyclic) bond motifs is 3. The summed E-state index contributed by atoms with van der Waals surface area (Å²) in [6.07, 6.45) is 12.0. The Morgan fingerprint density at radius 3 is 2.52 bits per heavy atom. The van der Waals surface area contributed by atoms with Gasteiger partial charge in [0.15, 0.2) is 0 Å². The molecule has 116 valence electrons. The fourth-order valence-electron chi connectivity index (χ4n) is 6.83. The van der Waals surface area contributed by atoms with Crippen LogP contribution in [0.3, 0.4) is 0 Å². The minimum atomic E-state index is -0.297. The van der Waals surface area contributed by atoms with Gasteiger partial charge in [-0.2, -0.15) is 0 Å². The zero-order valence-electron chi connectivity index (χ0n) is 13.9. The molecule has 5 atom stereocenters. The molecular weight excluding hydrogens is 260 g/mol. The molecule has 4 rings (SSSR count). The number of allylic oxidation sites excluding steroid dienone is 2. The van der Waals surface area contributed by atoms with Crippen molar-refractivity contribution in [2.24, 2.45) is 28.1 Å². The van der Waals surface area contributed by atoms with E-state index >= 15 is 0 Å². The largest absolute Gasteiger partial charge is 0.459 e. The van der Waals surface area contributed by atoms with Crippen molar-refractivity contribution in [1.29, 1.82) is 0 Å². The van der Waals surface area contributed by atoms with E-state index in [2.05, 4.69) is 39.8 Å². The average Bonchev–Trinajstić information content (AvgIpc) is 2.57. The Labute approximate surface area is 128 Å². The summed E-state index contributed by atoms with van der Waals surface area (Å²) in [7, 11) is 0. The van der Waals surface area contributed by atoms with Gasteiger partial charge in [0, 0.05) is 5.92 Å². The highest BCUT2D eigenvalue weighted by atomic mass is 16.6. The Balaban J connectivity index is 1.78. The lowest BCUT2D eigenvalue weighted by molar-refractivity contribution is -0.214. The van der Waals surface area contributed by atoms with Crippen molar-refractivity contribution in [3.05, 3.63) is 12.2 Å². The third kappa shape index (κ3) is 1.68. The van der Waals surface area contributed by atoms with Crippen LogP contribution in [0, 0.1) is 28.1 Å². The van der Waals surface area contributed by atoms with Gasteiger partial charge < -0.3 is 4.74 Å². The molecule has 2 nitrogen and oxygen atoms in total. The summed E-state index contributed by atoms with van der Waals surface area (Å²) in [4.78, 5) is 12.2. The Hall–Kier alpha value is -0.790. The van der Waals surface area contributed by atoms with E-state index in [0.29, 0.717) is 29.1 Å². The molecule has 5 unspecified atom stereocenters. The number of hydrogen-bond donors (Lipinski definition) is 0. The molecule has 0 radical (unpaired) electrons. The lowest BCUT2D eigenvalue weighted by Crippen LogP contribution is -2.61. The molecule has 0 N–H and O–H groups in total. The molecule has 0 aromatic rings. The van der Waals surface area contributed by atoms with Crippen LogP contribution in [0.25, 0.3) is 0 Å². The third-order valence-electron chi connectivity index (χ3n) is 7.48. The van der Waals surface area contributed by atoms with E-state index in [-0.39, 0.29) is 17.0 Å². The molecular formula is C19H28O2. The van der Waals surface area contributed by atoms with Crippen molar-refractivity contribution in [2.75, 3.05) is 0 Å². The maximum atomic E-state index is 12.2. The van der Waals surface area contributed by atoms with Crippen molar-refractivity contribution in [3.8, 4) is 0 Å². The van der Waals surface area contributed by atoms with E-state index in [9.17, 15) is 4.79 Å². The minimum absolute atomic E-state index is 0.0195. The molecule has 0 aromatic carbocycles. The second kappa shape index (κ2) is 3.75. The van der Waals surface area contributed by atoms with Crippen LogP contribution in [0.5, 0.6) is 0 Å². The molecule has 2 bridgehead atoms. The molecule has 0 amide bonds. The van der Waals surface area contributed by atoms with E-state index in [1.807, 2.05) is 0 Å². The number of cyclic esters (lactones) is 1. The van der Waals surface area contributed by atoms with E-state index in [1.54, 1.807) is 0 Å². The molecule has 3 aliphatic carbocycles. The van der Waals surface area contributed by atoms with E-state index in [0.717, 1.165) is 0 Å². The molecule has 1 heterocycles. The first-order chi connectivity index (χ1) is 9.69. The maximum absolute atomic E-state index is 12.2. The van der Waals surface area contributed by atoms with Gasteiger partial charge in [-0.3, -0.25) is 4.79 Å². The topological polar surface area (TPSA) is 26.3 Å². The number of esters is 1. The molecule has 4 aliphatic rings. The Kier molecular flexibility index (Phi) is 2.47. The first kappa shape index (κ1) is 13.8. The van der Waals surface area contributed by atoms with Crippen LogP contribution >= 0.6 is 0 Å². The van der Waals surface area contributed by atoms with Gasteiger partial charge in [0.25, 0.3) is 0 Å². The van der Waals surface area contributed by atoms with Crippen molar-refractivity contribution >= 4 is 5.97 Å². The maximum Gasteiger partial charge on any atom is 0.306 e. The Morgan fingerprint density at radius 1 is 1.05 bits per heavy atom. The van der Waals surface area contributed by atoms with Crippen LogP contribution in [-0.2, 0) is 9.53 Å². The van der Waals surface area contributed by atoms with Crippen LogP contribution in [0.4, 0.5) is 0 Å². The highest BCUT2D eigenvalue weighted by molar-refractivity contribution is 5.72. The number of rotatable bonds is 0.